The standard InChI is InChI=1S/C28H22ClN5O2/c1-17-9-10-22(29)14-24(17)34-18(2)12-23(32-34)26-19(3)31-27-25(8-5-11-33(27)28(26)35)36-16-21-7-4-6-20(13-21)15-30/h4-14H,16H2,1-3H3. The molecular weight excluding hydrogens is 474 g/mol. The van der Waals surface area contributed by atoms with Crippen molar-refractivity contribution in [1.29, 1.82) is 5.26 Å². The molecule has 0 saturated heterocycles. The van der Waals surface area contributed by atoms with Crippen LogP contribution in [0.15, 0.2) is 71.7 Å². The van der Waals surface area contributed by atoms with E-state index in [9.17, 15) is 4.79 Å². The van der Waals surface area contributed by atoms with E-state index in [-0.39, 0.29) is 12.2 Å². The summed E-state index contributed by atoms with van der Waals surface area (Å²) in [7, 11) is 0. The lowest BCUT2D eigenvalue weighted by molar-refractivity contribution is 0.308. The first-order valence-electron chi connectivity index (χ1n) is 11.3. The molecular formula is C28H22ClN5O2. The largest absolute Gasteiger partial charge is 0.485 e. The van der Waals surface area contributed by atoms with Gasteiger partial charge in [0.15, 0.2) is 11.4 Å². The Kier molecular flexibility index (Phi) is 6.05. The van der Waals surface area contributed by atoms with E-state index in [1.807, 2.05) is 50.2 Å². The van der Waals surface area contributed by atoms with Crippen LogP contribution in [0, 0.1) is 32.1 Å². The van der Waals surface area contributed by atoms with Gasteiger partial charge in [-0.15, -0.1) is 0 Å². The Morgan fingerprint density at radius 2 is 1.89 bits per heavy atom. The fourth-order valence-corrected chi connectivity index (χ4v) is 4.36. The molecule has 2 aromatic carbocycles. The topological polar surface area (TPSA) is 85.2 Å². The van der Waals surface area contributed by atoms with Crippen LogP contribution in [0.25, 0.3) is 22.6 Å². The molecule has 0 fully saturated rings. The predicted octanol–water partition coefficient (Wildman–Crippen LogP) is 5.58. The maximum atomic E-state index is 13.6. The van der Waals surface area contributed by atoms with Crippen molar-refractivity contribution in [2.75, 3.05) is 0 Å². The highest BCUT2D eigenvalue weighted by Crippen LogP contribution is 2.26. The Hall–Kier alpha value is -4.41. The maximum absolute atomic E-state index is 13.6. The fraction of sp³-hybridized carbons (Fsp3) is 0.143. The molecule has 7 nitrogen and oxygen atoms in total. The lowest BCUT2D eigenvalue weighted by Crippen LogP contribution is -2.19. The SMILES string of the molecule is Cc1ccc(Cl)cc1-n1nc(-c2c(C)nc3c(OCc4cccc(C#N)c4)cccn3c2=O)cc1C. The average molecular weight is 496 g/mol. The van der Waals surface area contributed by atoms with Gasteiger partial charge in [0, 0.05) is 16.9 Å². The quantitative estimate of drug-likeness (QED) is 0.318. The molecule has 0 bridgehead atoms. The average Bonchev–Trinajstić information content (AvgIpc) is 3.25. The Balaban J connectivity index is 1.55. The van der Waals surface area contributed by atoms with Crippen molar-refractivity contribution < 1.29 is 4.74 Å². The van der Waals surface area contributed by atoms with E-state index < -0.39 is 0 Å². The Bertz CT molecular complexity index is 1730. The van der Waals surface area contributed by atoms with E-state index in [4.69, 9.17) is 31.7 Å². The number of nitriles is 1. The summed E-state index contributed by atoms with van der Waals surface area (Å²) < 4.78 is 9.27. The van der Waals surface area contributed by atoms with Gasteiger partial charge in [0.25, 0.3) is 5.56 Å². The van der Waals surface area contributed by atoms with Gasteiger partial charge in [0.2, 0.25) is 0 Å². The van der Waals surface area contributed by atoms with Crippen LogP contribution in [-0.2, 0) is 6.61 Å². The smallest absolute Gasteiger partial charge is 0.267 e. The van der Waals surface area contributed by atoms with E-state index in [1.54, 1.807) is 42.1 Å². The third kappa shape index (κ3) is 4.23. The molecule has 0 saturated carbocycles. The second-order valence-corrected chi connectivity index (χ2v) is 8.99. The van der Waals surface area contributed by atoms with Gasteiger partial charge in [-0.25, -0.2) is 9.67 Å². The molecule has 3 heterocycles. The number of hydrogen-bond donors (Lipinski definition) is 0. The first-order valence-corrected chi connectivity index (χ1v) is 11.7. The highest BCUT2D eigenvalue weighted by Gasteiger charge is 2.19. The van der Waals surface area contributed by atoms with E-state index >= 15 is 0 Å². The van der Waals surface area contributed by atoms with Crippen molar-refractivity contribution in [2.24, 2.45) is 0 Å². The summed E-state index contributed by atoms with van der Waals surface area (Å²) in [5, 5.41) is 14.5. The van der Waals surface area contributed by atoms with Crippen LogP contribution in [0.5, 0.6) is 5.75 Å². The van der Waals surface area contributed by atoms with Crippen LogP contribution < -0.4 is 10.3 Å². The van der Waals surface area contributed by atoms with E-state index in [1.165, 1.54) is 4.40 Å². The van der Waals surface area contributed by atoms with E-state index in [0.29, 0.717) is 38.9 Å². The Morgan fingerprint density at radius 3 is 2.69 bits per heavy atom. The molecule has 0 aliphatic heterocycles. The second kappa shape index (κ2) is 9.33. The summed E-state index contributed by atoms with van der Waals surface area (Å²) in [6.45, 7) is 5.96. The molecule has 3 aromatic heterocycles. The van der Waals surface area contributed by atoms with Gasteiger partial charge in [-0.2, -0.15) is 10.4 Å². The highest BCUT2D eigenvalue weighted by atomic mass is 35.5. The molecule has 178 valence electrons. The minimum absolute atomic E-state index is 0.234. The van der Waals surface area contributed by atoms with Gasteiger partial charge in [0.05, 0.1) is 28.6 Å². The van der Waals surface area contributed by atoms with Crippen molar-refractivity contribution in [2.45, 2.75) is 27.4 Å². The van der Waals surface area contributed by atoms with Crippen molar-refractivity contribution in [3.63, 3.8) is 0 Å². The normalized spacial score (nSPS) is 11.0. The van der Waals surface area contributed by atoms with Crippen molar-refractivity contribution in [3.05, 3.63) is 110 Å². The van der Waals surface area contributed by atoms with Crippen molar-refractivity contribution >= 4 is 17.2 Å². The van der Waals surface area contributed by atoms with Gasteiger partial charge in [-0.05, 0) is 74.4 Å². The summed E-state index contributed by atoms with van der Waals surface area (Å²) >= 11 is 6.22. The van der Waals surface area contributed by atoms with Gasteiger partial charge in [-0.3, -0.25) is 9.20 Å². The lowest BCUT2D eigenvalue weighted by Gasteiger charge is -2.12. The predicted molar refractivity (Wildman–Crippen MR) is 139 cm³/mol. The van der Waals surface area contributed by atoms with Crippen LogP contribution in [0.1, 0.15) is 28.1 Å². The molecule has 0 radical (unpaired) electrons. The van der Waals surface area contributed by atoms with Gasteiger partial charge >= 0.3 is 0 Å². The zero-order valence-electron chi connectivity index (χ0n) is 20.0. The summed E-state index contributed by atoms with van der Waals surface area (Å²) in [6, 6.07) is 20.4. The summed E-state index contributed by atoms with van der Waals surface area (Å²) in [5.41, 5.74) is 5.85. The molecule has 0 aliphatic rings. The van der Waals surface area contributed by atoms with E-state index in [2.05, 4.69) is 6.07 Å². The number of aryl methyl sites for hydroxylation is 3. The van der Waals surface area contributed by atoms with Crippen LogP contribution in [0.2, 0.25) is 5.02 Å². The maximum Gasteiger partial charge on any atom is 0.267 e. The molecule has 0 spiro atoms. The number of rotatable bonds is 5. The second-order valence-electron chi connectivity index (χ2n) is 8.56. The van der Waals surface area contributed by atoms with E-state index in [0.717, 1.165) is 22.5 Å². The van der Waals surface area contributed by atoms with Gasteiger partial charge in [0.1, 0.15) is 12.3 Å². The van der Waals surface area contributed by atoms with Crippen molar-refractivity contribution in [3.8, 4) is 28.8 Å². The monoisotopic (exact) mass is 495 g/mol. The fourth-order valence-electron chi connectivity index (χ4n) is 4.19. The van der Waals surface area contributed by atoms with Crippen LogP contribution in [0.3, 0.4) is 0 Å². The van der Waals surface area contributed by atoms with Gasteiger partial charge in [-0.1, -0.05) is 29.8 Å². The number of pyridine rings is 1. The summed E-state index contributed by atoms with van der Waals surface area (Å²) in [6.07, 6.45) is 1.67. The molecule has 0 aliphatic carbocycles. The molecule has 0 N–H and O–H groups in total. The number of aromatic nitrogens is 4. The lowest BCUT2D eigenvalue weighted by atomic mass is 10.1. The molecule has 5 rings (SSSR count). The number of halogens is 1. The molecule has 8 heteroatoms. The third-order valence-corrected chi connectivity index (χ3v) is 6.23. The first-order chi connectivity index (χ1) is 17.4. The summed E-state index contributed by atoms with van der Waals surface area (Å²) in [5.74, 6) is 0.475. The number of ether oxygens (including phenoxy) is 1. The number of nitrogens with zero attached hydrogens (tertiary/aromatic N) is 5. The van der Waals surface area contributed by atoms with Gasteiger partial charge < -0.3 is 4.74 Å². The molecule has 0 amide bonds. The number of benzene rings is 2. The summed E-state index contributed by atoms with van der Waals surface area (Å²) in [4.78, 5) is 18.3. The zero-order valence-corrected chi connectivity index (χ0v) is 20.7. The highest BCUT2D eigenvalue weighted by molar-refractivity contribution is 6.30. The van der Waals surface area contributed by atoms with Crippen LogP contribution in [0.4, 0.5) is 0 Å². The Morgan fingerprint density at radius 1 is 1.06 bits per heavy atom. The minimum Gasteiger partial charge on any atom is -0.485 e. The molecule has 36 heavy (non-hydrogen) atoms. The first kappa shape index (κ1) is 23.3. The molecule has 0 unspecified atom stereocenters. The number of hydrogen-bond acceptors (Lipinski definition) is 5. The molecule has 0 atom stereocenters. The minimum atomic E-state index is -0.234. The number of fused-ring (bicyclic) bond motifs is 1. The van der Waals surface area contributed by atoms with Crippen LogP contribution in [-0.4, -0.2) is 19.2 Å². The molecule has 5 aromatic rings. The van der Waals surface area contributed by atoms with Crippen LogP contribution >= 0.6 is 11.6 Å². The van der Waals surface area contributed by atoms with Crippen molar-refractivity contribution in [1.82, 2.24) is 19.2 Å². The zero-order chi connectivity index (χ0) is 25.4. The Labute approximate surface area is 212 Å². The third-order valence-electron chi connectivity index (χ3n) is 5.99.